The summed E-state index contributed by atoms with van der Waals surface area (Å²) in [4.78, 5) is 7.17. The molecule has 0 saturated heterocycles. The second kappa shape index (κ2) is 6.08. The molecule has 68 valence electrons. The standard InChI is InChI=1S/C8H15N3S/c1-2-3-9-6-7-12-8-10-4-5-11-8/h4-5,9H,2-3,6-7H2,1H3,(H,10,11). The highest BCUT2D eigenvalue weighted by Gasteiger charge is 1.93. The third-order valence-corrected chi connectivity index (χ3v) is 2.32. The molecule has 1 heterocycles. The lowest BCUT2D eigenvalue weighted by molar-refractivity contribution is 0.707. The zero-order valence-electron chi connectivity index (χ0n) is 7.34. The van der Waals surface area contributed by atoms with E-state index in [9.17, 15) is 0 Å². The van der Waals surface area contributed by atoms with E-state index in [0.717, 1.165) is 24.0 Å². The van der Waals surface area contributed by atoms with Gasteiger partial charge in [-0.3, -0.25) is 0 Å². The number of hydrogen-bond donors (Lipinski definition) is 2. The summed E-state index contributed by atoms with van der Waals surface area (Å²) in [5.41, 5.74) is 0. The summed E-state index contributed by atoms with van der Waals surface area (Å²) in [7, 11) is 0. The van der Waals surface area contributed by atoms with Crippen LogP contribution in [0.25, 0.3) is 0 Å². The Morgan fingerprint density at radius 1 is 1.58 bits per heavy atom. The molecule has 12 heavy (non-hydrogen) atoms. The monoisotopic (exact) mass is 185 g/mol. The summed E-state index contributed by atoms with van der Waals surface area (Å²) in [6, 6.07) is 0. The molecule has 0 aliphatic rings. The van der Waals surface area contributed by atoms with Crippen LogP contribution in [0.5, 0.6) is 0 Å². The van der Waals surface area contributed by atoms with Crippen molar-refractivity contribution < 1.29 is 0 Å². The first-order valence-corrected chi connectivity index (χ1v) is 5.25. The molecule has 0 bridgehead atoms. The fourth-order valence-electron chi connectivity index (χ4n) is 0.851. The molecule has 0 aliphatic carbocycles. The van der Waals surface area contributed by atoms with Crippen molar-refractivity contribution in [1.82, 2.24) is 15.3 Å². The van der Waals surface area contributed by atoms with Gasteiger partial charge in [0.1, 0.15) is 0 Å². The van der Waals surface area contributed by atoms with Crippen molar-refractivity contribution >= 4 is 11.8 Å². The van der Waals surface area contributed by atoms with Gasteiger partial charge in [0.15, 0.2) is 5.16 Å². The largest absolute Gasteiger partial charge is 0.340 e. The van der Waals surface area contributed by atoms with Crippen molar-refractivity contribution in [1.29, 1.82) is 0 Å². The Morgan fingerprint density at radius 2 is 2.50 bits per heavy atom. The second-order valence-corrected chi connectivity index (χ2v) is 3.58. The molecule has 0 aromatic carbocycles. The first-order valence-electron chi connectivity index (χ1n) is 4.26. The molecular formula is C8H15N3S. The third kappa shape index (κ3) is 3.78. The smallest absolute Gasteiger partial charge is 0.165 e. The van der Waals surface area contributed by atoms with Gasteiger partial charge < -0.3 is 10.3 Å². The molecule has 0 spiro atoms. The van der Waals surface area contributed by atoms with Gasteiger partial charge >= 0.3 is 0 Å². The van der Waals surface area contributed by atoms with Gasteiger partial charge in [0, 0.05) is 24.7 Å². The third-order valence-electron chi connectivity index (χ3n) is 1.42. The molecule has 4 heteroatoms. The Morgan fingerprint density at radius 3 is 3.17 bits per heavy atom. The lowest BCUT2D eigenvalue weighted by Crippen LogP contribution is -2.17. The molecule has 0 radical (unpaired) electrons. The van der Waals surface area contributed by atoms with Crippen LogP contribution in [-0.4, -0.2) is 28.8 Å². The highest BCUT2D eigenvalue weighted by molar-refractivity contribution is 7.99. The maximum absolute atomic E-state index is 4.11. The van der Waals surface area contributed by atoms with Crippen LogP contribution in [0.1, 0.15) is 13.3 Å². The number of aromatic amines is 1. The number of nitrogens with zero attached hydrogens (tertiary/aromatic N) is 1. The summed E-state index contributed by atoms with van der Waals surface area (Å²) in [5.74, 6) is 1.08. The second-order valence-electron chi connectivity index (χ2n) is 2.49. The van der Waals surface area contributed by atoms with Crippen LogP contribution in [0.2, 0.25) is 0 Å². The quantitative estimate of drug-likeness (QED) is 0.521. The summed E-state index contributed by atoms with van der Waals surface area (Å²) in [6.45, 7) is 4.34. The lowest BCUT2D eigenvalue weighted by Gasteiger charge is -2.00. The van der Waals surface area contributed by atoms with Gasteiger partial charge in [0.25, 0.3) is 0 Å². The van der Waals surface area contributed by atoms with Crippen LogP contribution < -0.4 is 5.32 Å². The SMILES string of the molecule is CCCNCCSc1ncc[nH]1. The Bertz CT molecular complexity index is 186. The van der Waals surface area contributed by atoms with Gasteiger partial charge in [-0.15, -0.1) is 0 Å². The predicted octanol–water partition coefficient (Wildman–Crippen LogP) is 1.50. The molecule has 3 nitrogen and oxygen atoms in total. The van der Waals surface area contributed by atoms with E-state index in [0.29, 0.717) is 0 Å². The number of rotatable bonds is 6. The van der Waals surface area contributed by atoms with E-state index < -0.39 is 0 Å². The van der Waals surface area contributed by atoms with Crippen LogP contribution in [-0.2, 0) is 0 Å². The van der Waals surface area contributed by atoms with Crippen molar-refractivity contribution in [3.63, 3.8) is 0 Å². The highest BCUT2D eigenvalue weighted by Crippen LogP contribution is 2.09. The van der Waals surface area contributed by atoms with E-state index in [-0.39, 0.29) is 0 Å². The maximum atomic E-state index is 4.11. The van der Waals surface area contributed by atoms with E-state index in [1.807, 2.05) is 6.20 Å². The summed E-state index contributed by atoms with van der Waals surface area (Å²) >= 11 is 1.75. The van der Waals surface area contributed by atoms with Crippen molar-refractivity contribution in [2.24, 2.45) is 0 Å². The van der Waals surface area contributed by atoms with Crippen LogP contribution in [0.4, 0.5) is 0 Å². The molecule has 0 amide bonds. The molecule has 0 saturated carbocycles. The summed E-state index contributed by atoms with van der Waals surface area (Å²) in [5, 5.41) is 4.34. The van der Waals surface area contributed by atoms with Gasteiger partial charge in [-0.2, -0.15) is 0 Å². The van der Waals surface area contributed by atoms with Gasteiger partial charge in [0.05, 0.1) is 0 Å². The normalized spacial score (nSPS) is 10.4. The summed E-state index contributed by atoms with van der Waals surface area (Å²) < 4.78 is 0. The highest BCUT2D eigenvalue weighted by atomic mass is 32.2. The Hall–Kier alpha value is -0.480. The molecule has 1 rings (SSSR count). The molecule has 0 aliphatic heterocycles. The van der Waals surface area contributed by atoms with Gasteiger partial charge in [-0.05, 0) is 13.0 Å². The maximum Gasteiger partial charge on any atom is 0.165 e. The zero-order valence-corrected chi connectivity index (χ0v) is 8.16. The van der Waals surface area contributed by atoms with Crippen LogP contribution in [0.15, 0.2) is 17.6 Å². The average Bonchev–Trinajstić information content (AvgIpc) is 2.57. The van der Waals surface area contributed by atoms with E-state index >= 15 is 0 Å². The minimum atomic E-state index is 1.01. The van der Waals surface area contributed by atoms with E-state index in [4.69, 9.17) is 0 Å². The number of hydrogen-bond acceptors (Lipinski definition) is 3. The van der Waals surface area contributed by atoms with E-state index in [2.05, 4.69) is 22.2 Å². The van der Waals surface area contributed by atoms with Gasteiger partial charge in [-0.25, -0.2) is 4.98 Å². The zero-order chi connectivity index (χ0) is 8.65. The minimum Gasteiger partial charge on any atom is -0.340 e. The number of thioether (sulfide) groups is 1. The fraction of sp³-hybridized carbons (Fsp3) is 0.625. The van der Waals surface area contributed by atoms with Gasteiger partial charge in [0.2, 0.25) is 0 Å². The van der Waals surface area contributed by atoms with Crippen molar-refractivity contribution in [2.75, 3.05) is 18.8 Å². The predicted molar refractivity (Wildman–Crippen MR) is 52.5 cm³/mol. The van der Waals surface area contributed by atoms with E-state index in [1.54, 1.807) is 18.0 Å². The molecule has 1 aromatic rings. The fourth-order valence-corrected chi connectivity index (χ4v) is 1.58. The lowest BCUT2D eigenvalue weighted by atomic mass is 10.5. The Labute approximate surface area is 77.4 Å². The van der Waals surface area contributed by atoms with Crippen LogP contribution in [0.3, 0.4) is 0 Å². The molecular weight excluding hydrogens is 170 g/mol. The average molecular weight is 185 g/mol. The van der Waals surface area contributed by atoms with Crippen LogP contribution in [0, 0.1) is 0 Å². The number of H-pyrrole nitrogens is 1. The first-order chi connectivity index (χ1) is 5.93. The van der Waals surface area contributed by atoms with Crippen molar-refractivity contribution in [2.45, 2.75) is 18.5 Å². The van der Waals surface area contributed by atoms with Crippen molar-refractivity contribution in [3.05, 3.63) is 12.4 Å². The van der Waals surface area contributed by atoms with Crippen LogP contribution >= 0.6 is 11.8 Å². The number of imidazole rings is 1. The van der Waals surface area contributed by atoms with E-state index in [1.165, 1.54) is 6.42 Å². The topological polar surface area (TPSA) is 40.7 Å². The molecule has 0 unspecified atom stereocenters. The molecule has 0 fully saturated rings. The first kappa shape index (κ1) is 9.61. The number of aromatic nitrogens is 2. The van der Waals surface area contributed by atoms with Gasteiger partial charge in [-0.1, -0.05) is 18.7 Å². The molecule has 1 aromatic heterocycles. The molecule has 2 N–H and O–H groups in total. The Balaban J connectivity index is 1.96. The Kier molecular flexibility index (Phi) is 4.87. The molecule has 0 atom stereocenters. The van der Waals surface area contributed by atoms with Crippen molar-refractivity contribution in [3.8, 4) is 0 Å². The number of nitrogens with one attached hydrogen (secondary N) is 2. The minimum absolute atomic E-state index is 1.01. The summed E-state index contributed by atoms with van der Waals surface area (Å²) in [6.07, 6.45) is 4.83.